The topological polar surface area (TPSA) is 63.4 Å². The van der Waals surface area contributed by atoms with Gasteiger partial charge in [-0.1, -0.05) is 12.2 Å². The van der Waals surface area contributed by atoms with Crippen LogP contribution in [0.1, 0.15) is 19.8 Å². The average Bonchev–Trinajstić information content (AvgIpc) is 2.44. The summed E-state index contributed by atoms with van der Waals surface area (Å²) in [5.74, 6) is -0.319. The second kappa shape index (κ2) is 3.77. The standard InChI is InChI=1S/C11H16N2O2/c1-7(12)6-13-10(14)8-4-2-3-5-9(8)11(13)15/h2-3,7-9H,4-6,12H2,1H3/t7?,8-,9+. The largest absolute Gasteiger partial charge is 0.326 e. The van der Waals surface area contributed by atoms with Gasteiger partial charge in [0.05, 0.1) is 11.8 Å². The van der Waals surface area contributed by atoms with Gasteiger partial charge in [0.25, 0.3) is 0 Å². The van der Waals surface area contributed by atoms with Crippen LogP contribution >= 0.6 is 0 Å². The number of allylic oxidation sites excluding steroid dienone is 2. The summed E-state index contributed by atoms with van der Waals surface area (Å²) in [6.45, 7) is 2.16. The van der Waals surface area contributed by atoms with Crippen LogP contribution in [0.2, 0.25) is 0 Å². The monoisotopic (exact) mass is 208 g/mol. The first kappa shape index (κ1) is 10.4. The third-order valence-corrected chi connectivity index (χ3v) is 3.07. The van der Waals surface area contributed by atoms with Crippen molar-refractivity contribution in [1.29, 1.82) is 0 Å². The molecule has 82 valence electrons. The Morgan fingerprint density at radius 2 is 1.80 bits per heavy atom. The Hall–Kier alpha value is -1.16. The lowest BCUT2D eigenvalue weighted by molar-refractivity contribution is -0.140. The van der Waals surface area contributed by atoms with E-state index in [1.807, 2.05) is 12.2 Å². The maximum atomic E-state index is 11.9. The van der Waals surface area contributed by atoms with Gasteiger partial charge in [0.15, 0.2) is 0 Å². The summed E-state index contributed by atoms with van der Waals surface area (Å²) < 4.78 is 0. The van der Waals surface area contributed by atoms with Crippen LogP contribution in [-0.4, -0.2) is 29.3 Å². The first-order valence-electron chi connectivity index (χ1n) is 5.37. The SMILES string of the molecule is CC(N)CN1C(=O)[C@H]2CC=CC[C@H]2C1=O. The summed E-state index contributed by atoms with van der Waals surface area (Å²) in [5.41, 5.74) is 5.62. The van der Waals surface area contributed by atoms with Crippen LogP contribution < -0.4 is 5.73 Å². The molecule has 4 nitrogen and oxygen atoms in total. The molecule has 1 aliphatic heterocycles. The molecule has 1 heterocycles. The van der Waals surface area contributed by atoms with Crippen molar-refractivity contribution < 1.29 is 9.59 Å². The molecule has 1 fully saturated rings. The smallest absolute Gasteiger partial charge is 0.233 e. The van der Waals surface area contributed by atoms with Crippen molar-refractivity contribution in [3.05, 3.63) is 12.2 Å². The molecule has 3 atom stereocenters. The summed E-state index contributed by atoms with van der Waals surface area (Å²) in [6.07, 6.45) is 5.37. The quantitative estimate of drug-likeness (QED) is 0.524. The van der Waals surface area contributed by atoms with Gasteiger partial charge in [0.1, 0.15) is 0 Å². The fraction of sp³-hybridized carbons (Fsp3) is 0.636. The van der Waals surface area contributed by atoms with Gasteiger partial charge in [-0.3, -0.25) is 14.5 Å². The van der Waals surface area contributed by atoms with Crippen molar-refractivity contribution >= 4 is 11.8 Å². The molecule has 2 N–H and O–H groups in total. The van der Waals surface area contributed by atoms with E-state index >= 15 is 0 Å². The fourth-order valence-corrected chi connectivity index (χ4v) is 2.34. The molecule has 1 aliphatic carbocycles. The van der Waals surface area contributed by atoms with E-state index in [1.165, 1.54) is 4.90 Å². The number of imide groups is 1. The number of carbonyl (C=O) groups is 2. The molecule has 0 aromatic rings. The molecule has 0 radical (unpaired) electrons. The number of nitrogens with zero attached hydrogens (tertiary/aromatic N) is 1. The van der Waals surface area contributed by atoms with Crippen LogP contribution in [0.4, 0.5) is 0 Å². The van der Waals surface area contributed by atoms with E-state index in [0.717, 1.165) is 0 Å². The summed E-state index contributed by atoms with van der Waals surface area (Å²) in [6, 6.07) is -0.147. The van der Waals surface area contributed by atoms with Gasteiger partial charge >= 0.3 is 0 Å². The maximum absolute atomic E-state index is 11.9. The predicted octanol–water partition coefficient (Wildman–Crippen LogP) is 0.285. The molecule has 0 aromatic heterocycles. The highest BCUT2D eigenvalue weighted by Crippen LogP contribution is 2.34. The van der Waals surface area contributed by atoms with Gasteiger partial charge in [-0.2, -0.15) is 0 Å². The first-order chi connectivity index (χ1) is 7.11. The number of hydrogen-bond acceptors (Lipinski definition) is 3. The minimum absolute atomic E-state index is 0.0355. The molecule has 1 unspecified atom stereocenters. The first-order valence-corrected chi connectivity index (χ1v) is 5.37. The highest BCUT2D eigenvalue weighted by atomic mass is 16.2. The maximum Gasteiger partial charge on any atom is 0.233 e. The number of carbonyl (C=O) groups excluding carboxylic acids is 2. The molecule has 1 saturated heterocycles. The van der Waals surface area contributed by atoms with Crippen LogP contribution in [0.5, 0.6) is 0 Å². The molecular weight excluding hydrogens is 192 g/mol. The second-order valence-corrected chi connectivity index (χ2v) is 4.42. The van der Waals surface area contributed by atoms with E-state index in [9.17, 15) is 9.59 Å². The normalized spacial score (nSPS) is 32.0. The van der Waals surface area contributed by atoms with E-state index in [1.54, 1.807) is 6.92 Å². The minimum atomic E-state index is -0.147. The van der Waals surface area contributed by atoms with E-state index < -0.39 is 0 Å². The minimum Gasteiger partial charge on any atom is -0.326 e. The van der Waals surface area contributed by atoms with Crippen molar-refractivity contribution in [3.63, 3.8) is 0 Å². The van der Waals surface area contributed by atoms with Crippen LogP contribution in [0.25, 0.3) is 0 Å². The third kappa shape index (κ3) is 1.69. The fourth-order valence-electron chi connectivity index (χ4n) is 2.34. The van der Waals surface area contributed by atoms with E-state index in [0.29, 0.717) is 19.4 Å². The Labute approximate surface area is 89.1 Å². The lowest BCUT2D eigenvalue weighted by Crippen LogP contribution is -2.40. The summed E-state index contributed by atoms with van der Waals surface area (Å²) >= 11 is 0. The number of likely N-dealkylation sites (tertiary alicyclic amines) is 1. The number of amides is 2. The van der Waals surface area contributed by atoms with Gasteiger partial charge in [-0.25, -0.2) is 0 Å². The summed E-state index contributed by atoms with van der Waals surface area (Å²) in [7, 11) is 0. The molecule has 2 amide bonds. The lowest BCUT2D eigenvalue weighted by atomic mass is 9.85. The number of hydrogen-bond donors (Lipinski definition) is 1. The average molecular weight is 208 g/mol. The Morgan fingerprint density at radius 3 is 2.20 bits per heavy atom. The molecule has 0 saturated carbocycles. The summed E-state index contributed by atoms with van der Waals surface area (Å²) in [5, 5.41) is 0. The van der Waals surface area contributed by atoms with Gasteiger partial charge in [-0.05, 0) is 19.8 Å². The van der Waals surface area contributed by atoms with Gasteiger partial charge in [-0.15, -0.1) is 0 Å². The zero-order valence-electron chi connectivity index (χ0n) is 8.85. The lowest BCUT2D eigenvalue weighted by Gasteiger charge is -2.16. The van der Waals surface area contributed by atoms with Crippen LogP contribution in [0, 0.1) is 11.8 Å². The Balaban J connectivity index is 2.17. The Kier molecular flexibility index (Phi) is 2.61. The predicted molar refractivity (Wildman–Crippen MR) is 55.7 cm³/mol. The van der Waals surface area contributed by atoms with E-state index in [4.69, 9.17) is 5.73 Å². The van der Waals surface area contributed by atoms with Crippen molar-refractivity contribution in [2.45, 2.75) is 25.8 Å². The van der Waals surface area contributed by atoms with Crippen molar-refractivity contribution in [2.24, 2.45) is 17.6 Å². The molecular formula is C11H16N2O2. The molecule has 0 spiro atoms. The summed E-state index contributed by atoms with van der Waals surface area (Å²) in [4.78, 5) is 25.1. The highest BCUT2D eigenvalue weighted by molar-refractivity contribution is 6.05. The Morgan fingerprint density at radius 1 is 1.33 bits per heavy atom. The zero-order valence-corrected chi connectivity index (χ0v) is 8.85. The zero-order chi connectivity index (χ0) is 11.0. The van der Waals surface area contributed by atoms with Crippen LogP contribution in [0.15, 0.2) is 12.2 Å². The van der Waals surface area contributed by atoms with Crippen LogP contribution in [-0.2, 0) is 9.59 Å². The molecule has 2 rings (SSSR count). The number of nitrogens with two attached hydrogens (primary N) is 1. The molecule has 15 heavy (non-hydrogen) atoms. The van der Waals surface area contributed by atoms with Crippen molar-refractivity contribution in [2.75, 3.05) is 6.54 Å². The van der Waals surface area contributed by atoms with Gasteiger partial charge in [0, 0.05) is 12.6 Å². The molecule has 4 heteroatoms. The number of rotatable bonds is 2. The number of fused-ring (bicyclic) bond motifs is 1. The second-order valence-electron chi connectivity index (χ2n) is 4.42. The van der Waals surface area contributed by atoms with E-state index in [2.05, 4.69) is 0 Å². The molecule has 2 aliphatic rings. The van der Waals surface area contributed by atoms with Crippen molar-refractivity contribution in [1.82, 2.24) is 4.90 Å². The van der Waals surface area contributed by atoms with Gasteiger partial charge < -0.3 is 5.73 Å². The highest BCUT2D eigenvalue weighted by Gasteiger charge is 2.46. The molecule has 0 bridgehead atoms. The van der Waals surface area contributed by atoms with E-state index in [-0.39, 0.29) is 29.7 Å². The third-order valence-electron chi connectivity index (χ3n) is 3.07. The van der Waals surface area contributed by atoms with Gasteiger partial charge in [0.2, 0.25) is 11.8 Å². The Bertz CT molecular complexity index is 297. The van der Waals surface area contributed by atoms with Crippen LogP contribution in [0.3, 0.4) is 0 Å². The molecule has 0 aromatic carbocycles. The van der Waals surface area contributed by atoms with Crippen molar-refractivity contribution in [3.8, 4) is 0 Å².